The third-order valence-corrected chi connectivity index (χ3v) is 7.72. The Morgan fingerprint density at radius 1 is 1.20 bits per heavy atom. The zero-order chi connectivity index (χ0) is 28.6. The van der Waals surface area contributed by atoms with Gasteiger partial charge in [-0.25, -0.2) is 4.79 Å². The summed E-state index contributed by atoms with van der Waals surface area (Å²) in [6, 6.07) is 12.0. The summed E-state index contributed by atoms with van der Waals surface area (Å²) in [7, 11) is -3.98. The smallest absolute Gasteiger partial charge is 0.407 e. The van der Waals surface area contributed by atoms with Gasteiger partial charge in [-0.2, -0.15) is 23.6 Å². The molecule has 1 atom stereocenters. The van der Waals surface area contributed by atoms with Gasteiger partial charge in [-0.05, 0) is 23.9 Å². The average Bonchev–Trinajstić information content (AvgIpc) is 3.06. The van der Waals surface area contributed by atoms with Crippen molar-refractivity contribution < 1.29 is 27.3 Å². The zero-order valence-electron chi connectivity index (χ0n) is 21.4. The van der Waals surface area contributed by atoms with E-state index in [1.807, 2.05) is 30.3 Å². The lowest BCUT2D eigenvalue weighted by molar-refractivity contribution is -0.118. The summed E-state index contributed by atoms with van der Waals surface area (Å²) < 4.78 is 29.1. The van der Waals surface area contributed by atoms with Gasteiger partial charge in [0, 0.05) is 37.0 Å². The van der Waals surface area contributed by atoms with Gasteiger partial charge in [-0.1, -0.05) is 35.9 Å². The minimum atomic E-state index is -3.98. The second-order valence-corrected chi connectivity index (χ2v) is 11.6. The van der Waals surface area contributed by atoms with Gasteiger partial charge >= 0.3 is 22.2 Å². The molecule has 1 aromatic heterocycles. The molecular formula is C26H25ClN6O6S. The van der Waals surface area contributed by atoms with Crippen LogP contribution >= 0.6 is 11.6 Å². The lowest BCUT2D eigenvalue weighted by Crippen LogP contribution is -2.55. The summed E-state index contributed by atoms with van der Waals surface area (Å²) in [6.45, 7) is 0.512. The normalized spacial score (nSPS) is 17.8. The maximum absolute atomic E-state index is 13.5. The fraction of sp³-hybridized carbons (Fsp3) is 0.346. The highest BCUT2D eigenvalue weighted by Gasteiger charge is 2.35. The van der Waals surface area contributed by atoms with Gasteiger partial charge in [0.05, 0.1) is 47.7 Å². The van der Waals surface area contributed by atoms with Crippen molar-refractivity contribution in [3.05, 3.63) is 52.7 Å². The van der Waals surface area contributed by atoms with Crippen molar-refractivity contribution in [2.24, 2.45) is 0 Å². The minimum absolute atomic E-state index is 0.00482. The Bertz CT molecular complexity index is 1650. The molecule has 1 saturated heterocycles. The van der Waals surface area contributed by atoms with Crippen LogP contribution in [0.5, 0.6) is 6.01 Å². The van der Waals surface area contributed by atoms with Gasteiger partial charge in [-0.15, -0.1) is 0 Å². The molecular weight excluding hydrogens is 560 g/mol. The van der Waals surface area contributed by atoms with E-state index in [2.05, 4.69) is 9.97 Å². The largest absolute Gasteiger partial charge is 0.465 e. The molecule has 0 bridgehead atoms. The molecule has 2 aliphatic rings. The molecule has 14 heteroatoms. The fourth-order valence-electron chi connectivity index (χ4n) is 5.22. The van der Waals surface area contributed by atoms with Crippen molar-refractivity contribution in [3.63, 3.8) is 0 Å². The van der Waals surface area contributed by atoms with E-state index >= 15 is 0 Å². The summed E-state index contributed by atoms with van der Waals surface area (Å²) in [5.41, 5.74) is 1.62. The maximum atomic E-state index is 13.5. The Morgan fingerprint density at radius 2 is 1.95 bits per heavy atom. The summed E-state index contributed by atoms with van der Waals surface area (Å²) in [5.74, 6) is 0.169. The number of rotatable bonds is 5. The number of nitrogens with zero attached hydrogens (tertiary/aromatic N) is 6. The predicted molar refractivity (Wildman–Crippen MR) is 147 cm³/mol. The van der Waals surface area contributed by atoms with Crippen LogP contribution in [0.15, 0.2) is 36.4 Å². The van der Waals surface area contributed by atoms with Crippen molar-refractivity contribution in [2.75, 3.05) is 35.7 Å². The molecule has 2 amide bonds. The average molecular weight is 585 g/mol. The molecule has 1 unspecified atom stereocenters. The second-order valence-electron chi connectivity index (χ2n) is 9.58. The number of halogens is 1. The molecule has 0 aliphatic carbocycles. The summed E-state index contributed by atoms with van der Waals surface area (Å²) in [5, 5.41) is 20.9. The third-order valence-electron chi connectivity index (χ3n) is 6.95. The van der Waals surface area contributed by atoms with E-state index in [1.54, 1.807) is 21.9 Å². The number of amides is 2. The monoisotopic (exact) mass is 584 g/mol. The molecule has 0 saturated carbocycles. The number of anilines is 2. The van der Waals surface area contributed by atoms with Crippen LogP contribution in [-0.4, -0.2) is 72.3 Å². The Hall–Kier alpha value is -4.15. The van der Waals surface area contributed by atoms with Gasteiger partial charge in [0.1, 0.15) is 5.82 Å². The second kappa shape index (κ2) is 10.8. The minimum Gasteiger partial charge on any atom is -0.465 e. The number of fused-ring (bicyclic) bond motifs is 2. The van der Waals surface area contributed by atoms with Crippen molar-refractivity contribution in [2.45, 2.75) is 31.8 Å². The highest BCUT2D eigenvalue weighted by Crippen LogP contribution is 2.37. The molecule has 1 N–H and O–H groups in total. The number of aromatic nitrogens is 2. The first kappa shape index (κ1) is 27.4. The predicted octanol–water partition coefficient (Wildman–Crippen LogP) is 3.18. The molecule has 5 rings (SSSR count). The van der Waals surface area contributed by atoms with Crippen LogP contribution in [0.25, 0.3) is 10.8 Å². The van der Waals surface area contributed by atoms with Gasteiger partial charge in [0.2, 0.25) is 5.91 Å². The maximum Gasteiger partial charge on any atom is 0.407 e. The number of hydrogen-bond acceptors (Lipinski definition) is 9. The molecule has 208 valence electrons. The Labute approximate surface area is 235 Å². The Kier molecular flexibility index (Phi) is 7.39. The lowest BCUT2D eigenvalue weighted by atomic mass is 10.1. The van der Waals surface area contributed by atoms with Gasteiger partial charge in [-0.3, -0.25) is 4.79 Å². The molecule has 2 aromatic carbocycles. The molecule has 40 heavy (non-hydrogen) atoms. The van der Waals surface area contributed by atoms with Crippen LogP contribution in [-0.2, 0) is 27.9 Å². The van der Waals surface area contributed by atoms with E-state index in [9.17, 15) is 28.4 Å². The van der Waals surface area contributed by atoms with Crippen LogP contribution < -0.4 is 14.0 Å². The highest BCUT2D eigenvalue weighted by atomic mass is 35.5. The van der Waals surface area contributed by atoms with Crippen molar-refractivity contribution in [1.29, 1.82) is 5.26 Å². The Morgan fingerprint density at radius 3 is 2.65 bits per heavy atom. The van der Waals surface area contributed by atoms with Crippen LogP contribution in [0.1, 0.15) is 24.1 Å². The van der Waals surface area contributed by atoms with Gasteiger partial charge in [0.25, 0.3) is 0 Å². The first-order chi connectivity index (χ1) is 19.1. The SMILES string of the molecule is CS(=O)(=O)Oc1nc2c(c(N3CCN(C(=O)O)C(CC#N)C3)n1)CCC(=O)N(c1cccc3cccc(Cl)c13)C2. The molecule has 3 heterocycles. The summed E-state index contributed by atoms with van der Waals surface area (Å²) in [4.78, 5) is 38.6. The van der Waals surface area contributed by atoms with Crippen molar-refractivity contribution in [3.8, 4) is 12.1 Å². The van der Waals surface area contributed by atoms with Crippen LogP contribution in [0, 0.1) is 11.3 Å². The number of benzene rings is 2. The number of carbonyl (C=O) groups is 2. The molecule has 3 aromatic rings. The third kappa shape index (κ3) is 5.45. The fourth-order valence-corrected chi connectivity index (χ4v) is 5.85. The molecule has 1 fully saturated rings. The summed E-state index contributed by atoms with van der Waals surface area (Å²) >= 11 is 6.54. The molecule has 12 nitrogen and oxygen atoms in total. The van der Waals surface area contributed by atoms with E-state index in [0.29, 0.717) is 33.2 Å². The van der Waals surface area contributed by atoms with Crippen LogP contribution in [0.3, 0.4) is 0 Å². The topological polar surface area (TPSA) is 157 Å². The number of carboxylic acid groups (broad SMARTS) is 1. The standard InChI is InChI=1S/C26H25ClN6O6S/c1-40(37,38)39-25-29-20-15-33(21-7-3-5-16-4-2-6-19(27)23(16)21)22(34)9-8-18(20)24(30-25)31-12-13-32(26(35)36)17(14-31)10-11-28/h2-7,17H,8-10,12-15H2,1H3,(H,35,36). The molecule has 0 spiro atoms. The number of nitriles is 1. The highest BCUT2D eigenvalue weighted by molar-refractivity contribution is 7.86. The first-order valence-electron chi connectivity index (χ1n) is 12.4. The molecule has 0 radical (unpaired) electrons. The van der Waals surface area contributed by atoms with Gasteiger partial charge in [0.15, 0.2) is 0 Å². The van der Waals surface area contributed by atoms with E-state index < -0.39 is 28.3 Å². The van der Waals surface area contributed by atoms with E-state index in [1.165, 1.54) is 4.90 Å². The number of hydrogen-bond donors (Lipinski definition) is 1. The first-order valence-corrected chi connectivity index (χ1v) is 14.6. The van der Waals surface area contributed by atoms with Crippen LogP contribution in [0.2, 0.25) is 5.02 Å². The van der Waals surface area contributed by atoms with E-state index in [-0.39, 0.29) is 51.3 Å². The van der Waals surface area contributed by atoms with E-state index in [0.717, 1.165) is 11.6 Å². The number of piperazine rings is 1. The van der Waals surface area contributed by atoms with Crippen molar-refractivity contribution >= 4 is 56.0 Å². The quantitative estimate of drug-likeness (QED) is 0.442. The molecule has 2 aliphatic heterocycles. The summed E-state index contributed by atoms with van der Waals surface area (Å²) in [6.07, 6.45) is 0.103. The van der Waals surface area contributed by atoms with Crippen LogP contribution in [0.4, 0.5) is 16.3 Å². The van der Waals surface area contributed by atoms with E-state index in [4.69, 9.17) is 15.8 Å². The zero-order valence-corrected chi connectivity index (χ0v) is 23.0. The lowest BCUT2D eigenvalue weighted by Gasteiger charge is -2.40. The number of carbonyl (C=O) groups excluding carboxylic acids is 1. The van der Waals surface area contributed by atoms with Crippen molar-refractivity contribution in [1.82, 2.24) is 14.9 Å². The van der Waals surface area contributed by atoms with Gasteiger partial charge < -0.3 is 24.0 Å². The Balaban J connectivity index is 1.61.